The molecule has 3 aromatic carbocycles. The van der Waals surface area contributed by atoms with Gasteiger partial charge in [-0.3, -0.25) is 9.59 Å². The van der Waals surface area contributed by atoms with Crippen LogP contribution < -0.4 is 4.90 Å². The summed E-state index contributed by atoms with van der Waals surface area (Å²) in [5.74, 6) is -0.728. The summed E-state index contributed by atoms with van der Waals surface area (Å²) in [5.41, 5.74) is 17.1. The molecule has 7 heteroatoms. The first kappa shape index (κ1) is 43.6. The average molecular weight is 860 g/mol. The van der Waals surface area contributed by atoms with E-state index in [1.54, 1.807) is 0 Å². The minimum atomic E-state index is -0.364. The molecule has 0 spiro atoms. The van der Waals surface area contributed by atoms with Gasteiger partial charge < -0.3 is 9.97 Å². The van der Waals surface area contributed by atoms with E-state index < -0.39 is 0 Å². The average Bonchev–Trinajstić information content (AvgIpc) is 4.07. The van der Waals surface area contributed by atoms with Crippen LogP contribution in [0.1, 0.15) is 160 Å². The molecule has 3 aliphatic heterocycles. The van der Waals surface area contributed by atoms with Gasteiger partial charge in [-0.1, -0.05) is 132 Å². The molecule has 8 bridgehead atoms. The summed E-state index contributed by atoms with van der Waals surface area (Å²) in [6, 6.07) is 27.9. The maximum atomic E-state index is 14.8. The summed E-state index contributed by atoms with van der Waals surface area (Å²) in [5, 5.41) is 0. The van der Waals surface area contributed by atoms with Gasteiger partial charge >= 0.3 is 0 Å². The molecule has 2 amide bonds. The van der Waals surface area contributed by atoms with Crippen molar-refractivity contribution < 1.29 is 9.59 Å². The molecule has 0 unspecified atom stereocenters. The second-order valence-electron chi connectivity index (χ2n) is 22.3. The van der Waals surface area contributed by atoms with Crippen molar-refractivity contribution >= 4 is 63.9 Å². The Hall–Kier alpha value is -6.60. The number of aromatic nitrogens is 4. The van der Waals surface area contributed by atoms with Crippen molar-refractivity contribution in [1.82, 2.24) is 19.9 Å². The lowest BCUT2D eigenvalue weighted by molar-refractivity contribution is 0.0926. The number of carbonyl (C=O) groups excluding carboxylic acids is 2. The highest BCUT2D eigenvalue weighted by molar-refractivity contribution is 6.36. The molecule has 0 fully saturated rings. The van der Waals surface area contributed by atoms with Crippen LogP contribution in [0.4, 0.5) is 5.69 Å². The second kappa shape index (κ2) is 15.0. The smallest absolute Gasteiger partial charge is 0.266 e. The van der Waals surface area contributed by atoms with E-state index in [2.05, 4.69) is 160 Å². The third kappa shape index (κ3) is 7.79. The molecule has 0 saturated carbocycles. The number of aryl methyl sites for hydroxylation is 2. The molecule has 3 aromatic heterocycles. The lowest BCUT2D eigenvalue weighted by atomic mass is 9.78. The number of benzene rings is 3. The zero-order valence-corrected chi connectivity index (χ0v) is 40.5. The molecule has 0 radical (unpaired) electrons. The number of aromatic amines is 2. The maximum absolute atomic E-state index is 14.8. The Bertz CT molecular complexity index is 3070. The molecule has 6 heterocycles. The van der Waals surface area contributed by atoms with Gasteiger partial charge in [-0.05, 0) is 135 Å². The standard InChI is InChI=1S/C58H61N5O2/c1-32-15-16-33(2)49-48(32)53(64)63(54(49)65)52-46-23-21-44(61-46)50(34-25-36(55(3,4)5)29-37(26-34)56(6,7)8)42-19-17-40(59-42)31-41-18-20-43(60-41)51(45-22-24-47(52)62-45)35-27-38(57(9,10)11)30-39(28-35)58(12,13)14/h15-31,59,62H,1-14H3. The summed E-state index contributed by atoms with van der Waals surface area (Å²) in [4.78, 5) is 49.3. The number of rotatable bonds is 3. The van der Waals surface area contributed by atoms with E-state index in [9.17, 15) is 9.59 Å². The molecule has 6 aromatic rings. The minimum absolute atomic E-state index is 0.123. The number of fused-ring (bicyclic) bond motifs is 9. The van der Waals surface area contributed by atoms with Gasteiger partial charge in [-0.2, -0.15) is 0 Å². The Morgan fingerprint density at radius 2 is 0.846 bits per heavy atom. The number of nitrogens with one attached hydrogen (secondary N) is 2. The first-order valence-electron chi connectivity index (χ1n) is 22.8. The predicted molar refractivity (Wildman–Crippen MR) is 272 cm³/mol. The SMILES string of the molecule is Cc1ccc(C)c2c1C(=O)N(c1c3nc(c(-c4cc(C(C)(C)C)cc(C(C)(C)C)c4)c4ccc(cc5nc(c(-c6cc(C(C)(C)C)cc(C(C)(C)C)c6)c6ccc1[nH]6)C=C5)[nH]4)C=C3)C2=O. The molecule has 65 heavy (non-hydrogen) atoms. The molecular formula is C58H61N5O2. The summed E-state index contributed by atoms with van der Waals surface area (Å²) in [6.07, 6.45) is 8.10. The molecule has 0 saturated heterocycles. The van der Waals surface area contributed by atoms with E-state index in [1.807, 2.05) is 50.3 Å². The number of imide groups is 1. The van der Waals surface area contributed by atoms with Gasteiger partial charge in [0, 0.05) is 27.7 Å². The van der Waals surface area contributed by atoms with E-state index >= 15 is 0 Å². The van der Waals surface area contributed by atoms with Gasteiger partial charge in [0.05, 0.1) is 39.4 Å². The fourth-order valence-electron chi connectivity index (χ4n) is 9.12. The van der Waals surface area contributed by atoms with Crippen LogP contribution in [0, 0.1) is 13.8 Å². The second-order valence-corrected chi connectivity index (χ2v) is 22.3. The first-order chi connectivity index (χ1) is 30.4. The highest BCUT2D eigenvalue weighted by Crippen LogP contribution is 2.42. The number of hydrogen-bond acceptors (Lipinski definition) is 4. The van der Waals surface area contributed by atoms with Crippen LogP contribution in [0.15, 0.2) is 78.9 Å². The number of anilines is 1. The molecule has 330 valence electrons. The van der Waals surface area contributed by atoms with Crippen molar-refractivity contribution in [2.75, 3.05) is 4.90 Å². The number of H-pyrrole nitrogens is 2. The molecule has 9 rings (SSSR count). The van der Waals surface area contributed by atoms with Crippen LogP contribution in [0.5, 0.6) is 0 Å². The minimum Gasteiger partial charge on any atom is -0.355 e. The lowest BCUT2D eigenvalue weighted by Crippen LogP contribution is -2.30. The number of nitrogens with zero attached hydrogens (tertiary/aromatic N) is 3. The third-order valence-corrected chi connectivity index (χ3v) is 13.1. The van der Waals surface area contributed by atoms with Crippen molar-refractivity contribution in [2.45, 2.75) is 119 Å². The van der Waals surface area contributed by atoms with Crippen molar-refractivity contribution in [3.8, 4) is 22.3 Å². The molecule has 3 aliphatic rings. The highest BCUT2D eigenvalue weighted by Gasteiger charge is 2.41. The van der Waals surface area contributed by atoms with Crippen LogP contribution >= 0.6 is 0 Å². The summed E-state index contributed by atoms with van der Waals surface area (Å²) in [7, 11) is 0. The fraction of sp³-hybridized carbons (Fsp3) is 0.310. The Kier molecular flexibility index (Phi) is 10.1. The summed E-state index contributed by atoms with van der Waals surface area (Å²) < 4.78 is 0. The topological polar surface area (TPSA) is 94.7 Å². The zero-order chi connectivity index (χ0) is 46.7. The molecule has 2 N–H and O–H groups in total. The molecule has 7 nitrogen and oxygen atoms in total. The zero-order valence-electron chi connectivity index (χ0n) is 40.5. The van der Waals surface area contributed by atoms with Gasteiger partial charge in [0.15, 0.2) is 0 Å². The van der Waals surface area contributed by atoms with E-state index in [0.717, 1.165) is 61.3 Å². The normalized spacial score (nSPS) is 14.2. The lowest BCUT2D eigenvalue weighted by Gasteiger charge is -2.26. The quantitative estimate of drug-likeness (QED) is 0.173. The summed E-state index contributed by atoms with van der Waals surface area (Å²) in [6.45, 7) is 30.7. The van der Waals surface area contributed by atoms with Gasteiger partial charge in [0.2, 0.25) is 0 Å². The van der Waals surface area contributed by atoms with Gasteiger partial charge in [0.1, 0.15) is 5.69 Å². The summed E-state index contributed by atoms with van der Waals surface area (Å²) >= 11 is 0. The van der Waals surface area contributed by atoms with E-state index in [0.29, 0.717) is 33.7 Å². The molecular weight excluding hydrogens is 799 g/mol. The van der Waals surface area contributed by atoms with Gasteiger partial charge in [-0.15, -0.1) is 0 Å². The predicted octanol–water partition coefficient (Wildman–Crippen LogP) is 14.6. The largest absolute Gasteiger partial charge is 0.355 e. The number of amides is 2. The third-order valence-electron chi connectivity index (χ3n) is 13.1. The van der Waals surface area contributed by atoms with Gasteiger partial charge in [-0.25, -0.2) is 14.9 Å². The number of carbonyl (C=O) groups is 2. The Balaban J connectivity index is 1.44. The van der Waals surface area contributed by atoms with E-state index in [-0.39, 0.29) is 33.5 Å². The van der Waals surface area contributed by atoms with Crippen molar-refractivity contribution in [2.24, 2.45) is 0 Å². The van der Waals surface area contributed by atoms with Crippen molar-refractivity contribution in [3.05, 3.63) is 146 Å². The van der Waals surface area contributed by atoms with Crippen LogP contribution in [-0.4, -0.2) is 31.8 Å². The van der Waals surface area contributed by atoms with Crippen LogP contribution in [-0.2, 0) is 21.7 Å². The number of hydrogen-bond donors (Lipinski definition) is 2. The maximum Gasteiger partial charge on any atom is 0.266 e. The Labute approximate surface area is 383 Å². The monoisotopic (exact) mass is 859 g/mol. The van der Waals surface area contributed by atoms with Crippen molar-refractivity contribution in [1.29, 1.82) is 0 Å². The Morgan fingerprint density at radius 3 is 1.34 bits per heavy atom. The molecule has 0 aliphatic carbocycles. The fourth-order valence-corrected chi connectivity index (χ4v) is 9.12. The first-order valence-corrected chi connectivity index (χ1v) is 22.8. The van der Waals surface area contributed by atoms with Crippen LogP contribution in [0.2, 0.25) is 0 Å². The van der Waals surface area contributed by atoms with Gasteiger partial charge in [0.25, 0.3) is 11.8 Å². The van der Waals surface area contributed by atoms with E-state index in [4.69, 9.17) is 9.97 Å². The van der Waals surface area contributed by atoms with Crippen LogP contribution in [0.25, 0.3) is 68.6 Å². The molecule has 0 atom stereocenters. The Morgan fingerprint density at radius 1 is 0.431 bits per heavy atom. The van der Waals surface area contributed by atoms with Crippen LogP contribution in [0.3, 0.4) is 0 Å². The van der Waals surface area contributed by atoms with E-state index in [1.165, 1.54) is 27.2 Å². The highest BCUT2D eigenvalue weighted by atomic mass is 16.2. The van der Waals surface area contributed by atoms with Crippen molar-refractivity contribution in [3.63, 3.8) is 0 Å².